The van der Waals surface area contributed by atoms with E-state index in [9.17, 15) is 0 Å². The number of aryl methyl sites for hydroxylation is 1. The summed E-state index contributed by atoms with van der Waals surface area (Å²) in [5.41, 5.74) is 2.71. The maximum absolute atomic E-state index is 16.0. The first-order chi connectivity index (χ1) is 22.7. The summed E-state index contributed by atoms with van der Waals surface area (Å²) in [6.45, 7) is 1.95. The van der Waals surface area contributed by atoms with Gasteiger partial charge in [-0.05, 0) is 82.3 Å². The molecule has 0 unspecified atom stereocenters. The van der Waals surface area contributed by atoms with Crippen molar-refractivity contribution in [3.05, 3.63) is 170 Å². The number of allylic oxidation sites excluding steroid dienone is 2. The van der Waals surface area contributed by atoms with Crippen LogP contribution in [0.1, 0.15) is 27.8 Å². The summed E-state index contributed by atoms with van der Waals surface area (Å²) in [4.78, 5) is 47.4. The van der Waals surface area contributed by atoms with Gasteiger partial charge in [0.1, 0.15) is 0 Å². The lowest BCUT2D eigenvalue weighted by Crippen LogP contribution is -2.45. The van der Waals surface area contributed by atoms with Crippen LogP contribution in [0.3, 0.4) is 0 Å². The third-order valence-electron chi connectivity index (χ3n) is 10.1. The smallest absolute Gasteiger partial charge is 0.239 e. The van der Waals surface area contributed by atoms with Gasteiger partial charge in [0.25, 0.3) is 0 Å². The molecule has 230 valence electrons. The number of benzene rings is 5. The van der Waals surface area contributed by atoms with Crippen molar-refractivity contribution >= 4 is 73.6 Å². The molecule has 1 saturated heterocycles. The van der Waals surface area contributed by atoms with Gasteiger partial charge in [0, 0.05) is 14.5 Å². The Labute approximate surface area is 290 Å². The molecule has 2 amide bonds. The van der Waals surface area contributed by atoms with Crippen LogP contribution in [0.5, 0.6) is 0 Å². The zero-order chi connectivity index (χ0) is 32.7. The number of anilines is 1. The molecule has 1 heterocycles. The number of fused-ring (bicyclic) bond motifs is 5. The summed E-state index contributed by atoms with van der Waals surface area (Å²) >= 11 is 16.4. The highest BCUT2D eigenvalue weighted by Crippen LogP contribution is 2.74. The molecule has 1 aliphatic heterocycles. The number of Topliss-reactive ketones (excluding diaryl/α,β-unsaturated/α-hetero) is 1. The van der Waals surface area contributed by atoms with Crippen LogP contribution >= 0.6 is 39.1 Å². The van der Waals surface area contributed by atoms with E-state index in [1.165, 1.54) is 4.90 Å². The minimum atomic E-state index is -1.51. The van der Waals surface area contributed by atoms with Crippen LogP contribution in [0.4, 0.5) is 5.69 Å². The molecule has 8 rings (SSSR count). The number of hydrogen-bond donors (Lipinski definition) is 0. The monoisotopic (exact) mass is 717 g/mol. The Morgan fingerprint density at radius 2 is 1.02 bits per heavy atom. The summed E-state index contributed by atoms with van der Waals surface area (Å²) in [7, 11) is 0. The molecule has 5 aromatic rings. The molecule has 0 spiro atoms. The first-order valence-corrected chi connectivity index (χ1v) is 16.8. The average molecular weight is 719 g/mol. The molecular formula is C40H26BrCl2NO3. The summed E-state index contributed by atoms with van der Waals surface area (Å²) in [5.74, 6) is -3.07. The minimum absolute atomic E-state index is 0.200. The van der Waals surface area contributed by atoms with E-state index < -0.39 is 34.5 Å². The Bertz CT molecular complexity index is 2020. The zero-order valence-electron chi connectivity index (χ0n) is 25.1. The number of amides is 2. The Morgan fingerprint density at radius 1 is 0.596 bits per heavy atom. The topological polar surface area (TPSA) is 54.5 Å². The second-order valence-corrected chi connectivity index (χ2v) is 14.1. The fourth-order valence-corrected chi connectivity index (χ4v) is 8.95. The summed E-state index contributed by atoms with van der Waals surface area (Å²) < 4.78 is 0.777. The second-order valence-electron chi connectivity index (χ2n) is 12.3. The number of ketones is 1. The molecule has 4 nitrogen and oxygen atoms in total. The third kappa shape index (κ3) is 3.97. The lowest BCUT2D eigenvalue weighted by molar-refractivity contribution is -0.130. The van der Waals surface area contributed by atoms with E-state index >= 15 is 14.4 Å². The van der Waals surface area contributed by atoms with Crippen molar-refractivity contribution in [3.63, 3.8) is 0 Å². The van der Waals surface area contributed by atoms with Crippen molar-refractivity contribution in [1.82, 2.24) is 0 Å². The minimum Gasteiger partial charge on any atom is -0.297 e. The van der Waals surface area contributed by atoms with Crippen LogP contribution in [-0.2, 0) is 25.2 Å². The van der Waals surface area contributed by atoms with Crippen molar-refractivity contribution in [2.75, 3.05) is 4.90 Å². The van der Waals surface area contributed by atoms with Gasteiger partial charge in [-0.25, -0.2) is 4.90 Å². The molecule has 0 N–H and O–H groups in total. The molecule has 3 aliphatic rings. The van der Waals surface area contributed by atoms with Crippen LogP contribution in [0.2, 0.25) is 10.0 Å². The lowest BCUT2D eigenvalue weighted by atomic mass is 9.59. The fourth-order valence-electron chi connectivity index (χ4n) is 8.33. The summed E-state index contributed by atoms with van der Waals surface area (Å²) in [6, 6.07) is 39.2. The quantitative estimate of drug-likeness (QED) is 0.170. The Balaban J connectivity index is 1.55. The first-order valence-electron chi connectivity index (χ1n) is 15.3. The van der Waals surface area contributed by atoms with Crippen LogP contribution < -0.4 is 4.90 Å². The van der Waals surface area contributed by atoms with Gasteiger partial charge in [-0.3, -0.25) is 14.4 Å². The SMILES string of the molecule is Cc1ccc(N2C(=O)[C@@H]3[C@@H](C2=O)[C@@]2(c4ccc(Cl)cc4)C(=O)[C@@]3(c3ccc(Cl)cc3)C(c3ccccc3)=C2c2ccccc2)cc1Br. The van der Waals surface area contributed by atoms with Crippen molar-refractivity contribution in [1.29, 1.82) is 0 Å². The van der Waals surface area contributed by atoms with Crippen molar-refractivity contribution < 1.29 is 14.4 Å². The van der Waals surface area contributed by atoms with Crippen LogP contribution in [-0.4, -0.2) is 17.6 Å². The summed E-state index contributed by atoms with van der Waals surface area (Å²) in [5, 5.41) is 1.00. The molecule has 5 aromatic carbocycles. The Kier molecular flexibility index (Phi) is 6.96. The maximum Gasteiger partial charge on any atom is 0.239 e. The Hall–Kier alpha value is -4.29. The number of hydrogen-bond acceptors (Lipinski definition) is 3. The number of imide groups is 1. The molecule has 2 aliphatic carbocycles. The van der Waals surface area contributed by atoms with E-state index in [1.807, 2.05) is 97.9 Å². The highest BCUT2D eigenvalue weighted by atomic mass is 79.9. The standard InChI is InChI=1S/C40H26BrCl2NO3/c1-23-12-21-30(22-31(23)41)44-36(45)34-35(37(44)46)40(27-15-19-29(43)20-16-27)33(25-10-6-3-7-11-25)32(24-8-4-2-5-9-24)39(34,38(40)47)26-13-17-28(42)18-14-26/h2-22,34-35H,1H3/t34-,35-,39-,40-/m0/s1. The fraction of sp³-hybridized carbons (Fsp3) is 0.125. The van der Waals surface area contributed by atoms with Gasteiger partial charge in [-0.2, -0.15) is 0 Å². The van der Waals surface area contributed by atoms with E-state index in [0.29, 0.717) is 26.9 Å². The van der Waals surface area contributed by atoms with Crippen LogP contribution in [0, 0.1) is 18.8 Å². The first kappa shape index (κ1) is 30.1. The molecule has 0 aromatic heterocycles. The summed E-state index contributed by atoms with van der Waals surface area (Å²) in [6.07, 6.45) is 0. The Morgan fingerprint density at radius 3 is 1.43 bits per heavy atom. The second kappa shape index (κ2) is 10.9. The number of rotatable bonds is 5. The van der Waals surface area contributed by atoms with Crippen LogP contribution in [0.25, 0.3) is 11.1 Å². The largest absolute Gasteiger partial charge is 0.297 e. The number of halogens is 3. The maximum atomic E-state index is 16.0. The van der Waals surface area contributed by atoms with Gasteiger partial charge < -0.3 is 0 Å². The van der Waals surface area contributed by atoms with Crippen molar-refractivity contribution in [3.8, 4) is 0 Å². The molecule has 1 saturated carbocycles. The van der Waals surface area contributed by atoms with E-state index in [1.54, 1.807) is 36.4 Å². The molecule has 4 atom stereocenters. The molecule has 47 heavy (non-hydrogen) atoms. The van der Waals surface area contributed by atoms with Gasteiger partial charge in [-0.1, -0.05) is 130 Å². The van der Waals surface area contributed by atoms with E-state index in [-0.39, 0.29) is 5.78 Å². The van der Waals surface area contributed by atoms with Gasteiger partial charge >= 0.3 is 0 Å². The van der Waals surface area contributed by atoms with E-state index in [0.717, 1.165) is 32.3 Å². The zero-order valence-corrected chi connectivity index (χ0v) is 28.2. The van der Waals surface area contributed by atoms with Gasteiger partial charge in [0.05, 0.1) is 28.4 Å². The van der Waals surface area contributed by atoms with E-state index in [4.69, 9.17) is 23.2 Å². The number of carbonyl (C=O) groups is 3. The number of nitrogens with zero attached hydrogens (tertiary/aromatic N) is 1. The molecule has 2 bridgehead atoms. The molecule has 7 heteroatoms. The molecule has 2 fully saturated rings. The number of carbonyl (C=O) groups excluding carboxylic acids is 3. The van der Waals surface area contributed by atoms with Gasteiger partial charge in [-0.15, -0.1) is 0 Å². The normalized spacial score (nSPS) is 24.8. The molecular weight excluding hydrogens is 693 g/mol. The van der Waals surface area contributed by atoms with Crippen LogP contribution in [0.15, 0.2) is 132 Å². The highest BCUT2D eigenvalue weighted by Gasteiger charge is 2.82. The van der Waals surface area contributed by atoms with Gasteiger partial charge in [0.15, 0.2) is 5.78 Å². The predicted octanol–water partition coefficient (Wildman–Crippen LogP) is 9.25. The molecule has 0 radical (unpaired) electrons. The van der Waals surface area contributed by atoms with Crippen molar-refractivity contribution in [2.45, 2.75) is 17.8 Å². The van der Waals surface area contributed by atoms with Crippen molar-refractivity contribution in [2.24, 2.45) is 11.8 Å². The van der Waals surface area contributed by atoms with E-state index in [2.05, 4.69) is 15.9 Å². The lowest BCUT2D eigenvalue weighted by Gasteiger charge is -2.39. The highest BCUT2D eigenvalue weighted by molar-refractivity contribution is 9.10. The predicted molar refractivity (Wildman–Crippen MR) is 189 cm³/mol. The average Bonchev–Trinajstić information content (AvgIpc) is 3.59. The van der Waals surface area contributed by atoms with Gasteiger partial charge in [0.2, 0.25) is 11.8 Å². The third-order valence-corrected chi connectivity index (χ3v) is 11.5.